The lowest BCUT2D eigenvalue weighted by Crippen LogP contribution is -2.41. The fraction of sp³-hybridized carbons (Fsp3) is 0.278. The van der Waals surface area contributed by atoms with Gasteiger partial charge in [-0.05, 0) is 43.0 Å². The predicted molar refractivity (Wildman–Crippen MR) is 84.1 cm³/mol. The summed E-state index contributed by atoms with van der Waals surface area (Å²) in [6.07, 6.45) is 0. The minimum Gasteiger partial charge on any atom is -0.490 e. The molecule has 0 spiro atoms. The van der Waals surface area contributed by atoms with E-state index in [1.54, 1.807) is 0 Å². The van der Waals surface area contributed by atoms with Crippen molar-refractivity contribution in [2.24, 2.45) is 5.73 Å². The highest BCUT2D eigenvalue weighted by molar-refractivity contribution is 5.45. The van der Waals surface area contributed by atoms with Gasteiger partial charge >= 0.3 is 0 Å². The van der Waals surface area contributed by atoms with Crippen LogP contribution in [-0.2, 0) is 5.54 Å². The Kier molecular flexibility index (Phi) is 4.30. The normalized spacial score (nSPS) is 13.3. The number of benzene rings is 2. The van der Waals surface area contributed by atoms with E-state index in [0.29, 0.717) is 0 Å². The molecule has 2 aromatic carbocycles. The van der Waals surface area contributed by atoms with Crippen molar-refractivity contribution in [1.29, 1.82) is 5.26 Å². The Morgan fingerprint density at radius 2 is 1.67 bits per heavy atom. The van der Waals surface area contributed by atoms with E-state index in [9.17, 15) is 5.26 Å². The van der Waals surface area contributed by atoms with Crippen LogP contribution < -0.4 is 10.5 Å². The fourth-order valence-corrected chi connectivity index (χ4v) is 2.25. The number of rotatable bonds is 4. The first-order valence-electron chi connectivity index (χ1n) is 6.93. The van der Waals surface area contributed by atoms with Crippen LogP contribution in [0.4, 0.5) is 0 Å². The van der Waals surface area contributed by atoms with Gasteiger partial charge in [0.2, 0.25) is 0 Å². The maximum absolute atomic E-state index is 9.45. The molecule has 1 unspecified atom stereocenters. The van der Waals surface area contributed by atoms with Crippen LogP contribution in [0.1, 0.15) is 22.3 Å². The topological polar surface area (TPSA) is 59.0 Å². The summed E-state index contributed by atoms with van der Waals surface area (Å²) in [5, 5.41) is 9.45. The molecule has 0 aromatic heterocycles. The first-order valence-corrected chi connectivity index (χ1v) is 6.93. The van der Waals surface area contributed by atoms with Gasteiger partial charge in [-0.15, -0.1) is 0 Å². The summed E-state index contributed by atoms with van der Waals surface area (Å²) in [5.74, 6) is 0.816. The molecule has 0 saturated heterocycles. The van der Waals surface area contributed by atoms with Gasteiger partial charge in [-0.1, -0.05) is 42.5 Å². The molecule has 108 valence electrons. The summed E-state index contributed by atoms with van der Waals surface area (Å²) >= 11 is 0. The van der Waals surface area contributed by atoms with Crippen LogP contribution in [-0.4, -0.2) is 6.61 Å². The molecule has 0 aliphatic carbocycles. The number of aryl methyl sites for hydroxylation is 2. The van der Waals surface area contributed by atoms with Gasteiger partial charge in [0.25, 0.3) is 0 Å². The van der Waals surface area contributed by atoms with E-state index in [1.807, 2.05) is 57.2 Å². The smallest absolute Gasteiger partial charge is 0.164 e. The van der Waals surface area contributed by atoms with Gasteiger partial charge in [0.05, 0.1) is 6.07 Å². The van der Waals surface area contributed by atoms with Crippen LogP contribution >= 0.6 is 0 Å². The second kappa shape index (κ2) is 5.99. The molecule has 0 radical (unpaired) electrons. The largest absolute Gasteiger partial charge is 0.490 e. The predicted octanol–water partition coefficient (Wildman–Crippen LogP) is 3.37. The lowest BCUT2D eigenvalue weighted by Gasteiger charge is -2.24. The average molecular weight is 280 g/mol. The zero-order valence-electron chi connectivity index (χ0n) is 12.7. The Hall–Kier alpha value is -2.31. The number of nitrogens with two attached hydrogens (primary N) is 1. The summed E-state index contributed by atoms with van der Waals surface area (Å²) in [5.41, 5.74) is 9.13. The zero-order chi connectivity index (χ0) is 15.5. The number of hydrogen-bond acceptors (Lipinski definition) is 3. The van der Waals surface area contributed by atoms with Crippen LogP contribution in [0.2, 0.25) is 0 Å². The molecule has 0 bridgehead atoms. The Balaban J connectivity index is 2.27. The first-order chi connectivity index (χ1) is 9.98. The van der Waals surface area contributed by atoms with E-state index in [1.165, 1.54) is 0 Å². The highest BCUT2D eigenvalue weighted by Crippen LogP contribution is 2.27. The molecule has 0 aliphatic heterocycles. The quantitative estimate of drug-likeness (QED) is 0.934. The zero-order valence-corrected chi connectivity index (χ0v) is 12.7. The molecule has 0 amide bonds. The molecule has 0 saturated carbocycles. The maximum Gasteiger partial charge on any atom is 0.164 e. The minimum absolute atomic E-state index is 0.124. The minimum atomic E-state index is -1.15. The van der Waals surface area contributed by atoms with E-state index in [0.717, 1.165) is 28.0 Å². The number of nitriles is 1. The van der Waals surface area contributed by atoms with Gasteiger partial charge < -0.3 is 10.5 Å². The van der Waals surface area contributed by atoms with Crippen molar-refractivity contribution in [3.63, 3.8) is 0 Å². The van der Waals surface area contributed by atoms with E-state index in [2.05, 4.69) is 12.1 Å². The summed E-state index contributed by atoms with van der Waals surface area (Å²) < 4.78 is 5.91. The molecule has 0 fully saturated rings. The highest BCUT2D eigenvalue weighted by atomic mass is 16.5. The number of nitrogens with zero attached hydrogens (tertiary/aromatic N) is 1. The fourth-order valence-electron chi connectivity index (χ4n) is 2.25. The van der Waals surface area contributed by atoms with E-state index in [4.69, 9.17) is 10.5 Å². The van der Waals surface area contributed by atoms with Crippen molar-refractivity contribution in [2.45, 2.75) is 26.3 Å². The molecule has 1 atom stereocenters. The number of hydrogen-bond donors (Lipinski definition) is 1. The van der Waals surface area contributed by atoms with Crippen LogP contribution in [0.15, 0.2) is 42.5 Å². The maximum atomic E-state index is 9.45. The first kappa shape index (κ1) is 15.1. The Morgan fingerprint density at radius 1 is 1.05 bits per heavy atom. The summed E-state index contributed by atoms with van der Waals surface area (Å²) in [7, 11) is 0. The summed E-state index contributed by atoms with van der Waals surface area (Å²) in [6.45, 7) is 6.18. The standard InChI is InChI=1S/C18H20N2O/c1-13-9-10-14(2)17(15(13)3)21-12-18(20,11-19)16-7-5-4-6-8-16/h4-10H,12,20H2,1-3H3. The van der Waals surface area contributed by atoms with Crippen molar-refractivity contribution in [1.82, 2.24) is 0 Å². The van der Waals surface area contributed by atoms with Crippen molar-refractivity contribution in [2.75, 3.05) is 6.61 Å². The molecule has 21 heavy (non-hydrogen) atoms. The molecular formula is C18H20N2O. The third-order valence-electron chi connectivity index (χ3n) is 3.81. The molecule has 0 heterocycles. The lowest BCUT2D eigenvalue weighted by atomic mass is 9.93. The molecule has 2 aromatic rings. The number of ether oxygens (including phenoxy) is 1. The van der Waals surface area contributed by atoms with Gasteiger partial charge in [-0.2, -0.15) is 5.26 Å². The van der Waals surface area contributed by atoms with Gasteiger partial charge in [0.1, 0.15) is 12.4 Å². The lowest BCUT2D eigenvalue weighted by molar-refractivity contribution is 0.252. The van der Waals surface area contributed by atoms with Gasteiger partial charge in [-0.3, -0.25) is 0 Å². The highest BCUT2D eigenvalue weighted by Gasteiger charge is 2.28. The molecular weight excluding hydrogens is 260 g/mol. The monoisotopic (exact) mass is 280 g/mol. The summed E-state index contributed by atoms with van der Waals surface area (Å²) in [6, 6.07) is 15.6. The van der Waals surface area contributed by atoms with Gasteiger partial charge in [0.15, 0.2) is 5.54 Å². The SMILES string of the molecule is Cc1ccc(C)c(OCC(N)(C#N)c2ccccc2)c1C. The molecule has 2 N–H and O–H groups in total. The third kappa shape index (κ3) is 3.07. The van der Waals surface area contributed by atoms with Crippen molar-refractivity contribution in [3.8, 4) is 11.8 Å². The Bertz CT molecular complexity index is 674. The third-order valence-corrected chi connectivity index (χ3v) is 3.81. The van der Waals surface area contributed by atoms with Gasteiger partial charge in [-0.25, -0.2) is 0 Å². The molecule has 3 nitrogen and oxygen atoms in total. The van der Waals surface area contributed by atoms with Crippen molar-refractivity contribution < 1.29 is 4.74 Å². The Morgan fingerprint density at radius 3 is 2.29 bits per heavy atom. The van der Waals surface area contributed by atoms with Crippen molar-refractivity contribution >= 4 is 0 Å². The second-order valence-corrected chi connectivity index (χ2v) is 5.39. The molecule has 2 rings (SSSR count). The van der Waals surface area contributed by atoms with Crippen LogP contribution in [0, 0.1) is 32.1 Å². The molecule has 3 heteroatoms. The van der Waals surface area contributed by atoms with E-state index in [-0.39, 0.29) is 6.61 Å². The second-order valence-electron chi connectivity index (χ2n) is 5.39. The van der Waals surface area contributed by atoms with Crippen molar-refractivity contribution in [3.05, 3.63) is 64.7 Å². The summed E-state index contributed by atoms with van der Waals surface area (Å²) in [4.78, 5) is 0. The average Bonchev–Trinajstić information content (AvgIpc) is 2.51. The van der Waals surface area contributed by atoms with Crippen LogP contribution in [0.25, 0.3) is 0 Å². The van der Waals surface area contributed by atoms with Gasteiger partial charge in [0, 0.05) is 0 Å². The molecule has 0 aliphatic rings. The van der Waals surface area contributed by atoms with E-state index >= 15 is 0 Å². The van der Waals surface area contributed by atoms with Crippen LogP contribution in [0.5, 0.6) is 5.75 Å². The van der Waals surface area contributed by atoms with E-state index < -0.39 is 5.54 Å². The Labute approximate surface area is 126 Å². The van der Waals surface area contributed by atoms with Crippen LogP contribution in [0.3, 0.4) is 0 Å².